The van der Waals surface area contributed by atoms with Crippen LogP contribution in [0.25, 0.3) is 0 Å². The van der Waals surface area contributed by atoms with Gasteiger partial charge >= 0.3 is 8.25 Å². The number of rotatable bonds is 3. The van der Waals surface area contributed by atoms with Gasteiger partial charge in [0.1, 0.15) is 0 Å². The summed E-state index contributed by atoms with van der Waals surface area (Å²) in [5.74, 6) is 1.61. The van der Waals surface area contributed by atoms with Gasteiger partial charge in [0.15, 0.2) is 0 Å². The van der Waals surface area contributed by atoms with Gasteiger partial charge in [-0.25, -0.2) is 0 Å². The van der Waals surface area contributed by atoms with Gasteiger partial charge in [0.05, 0.1) is 6.10 Å². The van der Waals surface area contributed by atoms with Crippen molar-refractivity contribution in [2.24, 2.45) is 17.8 Å². The highest BCUT2D eigenvalue weighted by molar-refractivity contribution is 7.32. The summed E-state index contributed by atoms with van der Waals surface area (Å²) in [5, 5.41) is 0. The van der Waals surface area contributed by atoms with Crippen LogP contribution in [0.4, 0.5) is 0 Å². The Balaban J connectivity index is 2.58. The maximum atomic E-state index is 10.7. The summed E-state index contributed by atoms with van der Waals surface area (Å²) in [7, 11) is -2.77. The molecule has 1 fully saturated rings. The summed E-state index contributed by atoms with van der Waals surface area (Å²) in [6.45, 7) is 6.50. The van der Waals surface area contributed by atoms with Gasteiger partial charge in [0, 0.05) is 0 Å². The van der Waals surface area contributed by atoms with Crippen LogP contribution in [-0.2, 0) is 9.09 Å². The molecule has 0 aromatic rings. The Morgan fingerprint density at radius 1 is 1.43 bits per heavy atom. The maximum absolute atomic E-state index is 10.7. The van der Waals surface area contributed by atoms with Crippen LogP contribution in [0.1, 0.15) is 40.0 Å². The van der Waals surface area contributed by atoms with Crippen LogP contribution in [0, 0.1) is 17.8 Å². The lowest BCUT2D eigenvalue weighted by molar-refractivity contribution is 0.0438. The fraction of sp³-hybridized carbons (Fsp3) is 1.00. The van der Waals surface area contributed by atoms with Crippen LogP contribution in [0.3, 0.4) is 0 Å². The van der Waals surface area contributed by atoms with Gasteiger partial charge in [-0.15, -0.1) is 0 Å². The Morgan fingerprint density at radius 2 is 2.07 bits per heavy atom. The molecular formula is C10H21O3P. The largest absolute Gasteiger partial charge is 0.326 e. The predicted octanol–water partition coefficient (Wildman–Crippen LogP) is 2.85. The van der Waals surface area contributed by atoms with Crippen molar-refractivity contribution in [3.63, 3.8) is 0 Å². The monoisotopic (exact) mass is 220 g/mol. The van der Waals surface area contributed by atoms with E-state index in [9.17, 15) is 4.57 Å². The molecule has 2 unspecified atom stereocenters. The second-order valence-corrected chi connectivity index (χ2v) is 5.52. The molecular weight excluding hydrogens is 199 g/mol. The first-order valence-electron chi connectivity index (χ1n) is 5.40. The van der Waals surface area contributed by atoms with Crippen molar-refractivity contribution in [2.45, 2.75) is 46.1 Å². The molecule has 0 spiro atoms. The summed E-state index contributed by atoms with van der Waals surface area (Å²) >= 11 is 0. The molecule has 1 rings (SSSR count). The zero-order valence-electron chi connectivity index (χ0n) is 9.19. The molecule has 14 heavy (non-hydrogen) atoms. The molecule has 1 aliphatic rings. The number of hydrogen-bond donors (Lipinski definition) is 1. The molecule has 0 bridgehead atoms. The minimum absolute atomic E-state index is 0.00450. The van der Waals surface area contributed by atoms with Gasteiger partial charge in [-0.1, -0.05) is 27.2 Å². The molecule has 0 amide bonds. The first kappa shape index (κ1) is 12.2. The van der Waals surface area contributed by atoms with E-state index in [1.807, 2.05) is 0 Å². The van der Waals surface area contributed by atoms with Gasteiger partial charge in [-0.3, -0.25) is 4.57 Å². The lowest BCUT2D eigenvalue weighted by Crippen LogP contribution is -2.32. The quantitative estimate of drug-likeness (QED) is 0.744. The molecule has 0 aromatic heterocycles. The Morgan fingerprint density at radius 3 is 2.57 bits per heavy atom. The first-order chi connectivity index (χ1) is 6.50. The fourth-order valence-electron chi connectivity index (χ4n) is 2.38. The third kappa shape index (κ3) is 3.38. The minimum Gasteiger partial charge on any atom is -0.326 e. The SMILES string of the molecule is CC(C)[C@@H]1CC[C@@H](C)CC1O[PH](=O)O. The van der Waals surface area contributed by atoms with E-state index in [-0.39, 0.29) is 6.10 Å². The molecule has 1 N–H and O–H groups in total. The predicted molar refractivity (Wildman–Crippen MR) is 57.4 cm³/mol. The van der Waals surface area contributed by atoms with Gasteiger partial charge in [-0.05, 0) is 30.6 Å². The molecule has 4 heteroatoms. The Kier molecular flexibility index (Phi) is 4.62. The first-order valence-corrected chi connectivity index (χ1v) is 6.66. The van der Waals surface area contributed by atoms with Crippen LogP contribution in [0.15, 0.2) is 0 Å². The van der Waals surface area contributed by atoms with Gasteiger partial charge in [-0.2, -0.15) is 0 Å². The summed E-state index contributed by atoms with van der Waals surface area (Å²) in [6.07, 6.45) is 3.27. The smallest absolute Gasteiger partial charge is 0.316 e. The van der Waals surface area contributed by atoms with Crippen molar-refractivity contribution in [1.29, 1.82) is 0 Å². The van der Waals surface area contributed by atoms with Gasteiger partial charge in [0.25, 0.3) is 0 Å². The molecule has 1 aliphatic carbocycles. The normalized spacial score (nSPS) is 35.9. The average Bonchev–Trinajstić information content (AvgIpc) is 2.01. The second-order valence-electron chi connectivity index (χ2n) is 4.75. The van der Waals surface area contributed by atoms with Crippen LogP contribution < -0.4 is 0 Å². The third-order valence-electron chi connectivity index (χ3n) is 3.21. The molecule has 4 atom stereocenters. The summed E-state index contributed by atoms with van der Waals surface area (Å²) < 4.78 is 15.8. The Hall–Kier alpha value is 0.150. The third-order valence-corrected chi connectivity index (χ3v) is 3.72. The molecule has 0 aliphatic heterocycles. The molecule has 1 saturated carbocycles. The van der Waals surface area contributed by atoms with Crippen LogP contribution >= 0.6 is 8.25 Å². The topological polar surface area (TPSA) is 46.5 Å². The van der Waals surface area contributed by atoms with Gasteiger partial charge in [0.2, 0.25) is 0 Å². The molecule has 3 nitrogen and oxygen atoms in total. The standard InChI is InChI=1S/C10H21O3P/c1-7(2)9-5-4-8(3)6-10(9)13-14(11)12/h7-10,14H,4-6H2,1-3H3,(H,11,12)/t8-,9+,10?/m1/s1. The van der Waals surface area contributed by atoms with Crippen molar-refractivity contribution in [3.8, 4) is 0 Å². The maximum Gasteiger partial charge on any atom is 0.316 e. The highest BCUT2D eigenvalue weighted by atomic mass is 31.1. The lowest BCUT2D eigenvalue weighted by Gasteiger charge is -2.36. The highest BCUT2D eigenvalue weighted by Crippen LogP contribution is 2.38. The van der Waals surface area contributed by atoms with Crippen LogP contribution in [0.5, 0.6) is 0 Å². The Labute approximate surface area is 86.8 Å². The van der Waals surface area contributed by atoms with E-state index in [2.05, 4.69) is 20.8 Å². The van der Waals surface area contributed by atoms with Crippen molar-refractivity contribution in [1.82, 2.24) is 0 Å². The zero-order chi connectivity index (χ0) is 10.7. The molecule has 0 radical (unpaired) electrons. The highest BCUT2D eigenvalue weighted by Gasteiger charge is 2.32. The molecule has 0 heterocycles. The van der Waals surface area contributed by atoms with E-state index >= 15 is 0 Å². The van der Waals surface area contributed by atoms with Gasteiger partial charge < -0.3 is 9.42 Å². The molecule has 0 aromatic carbocycles. The minimum atomic E-state index is -2.77. The van der Waals surface area contributed by atoms with E-state index in [1.165, 1.54) is 6.42 Å². The van der Waals surface area contributed by atoms with E-state index in [1.54, 1.807) is 0 Å². The Bertz CT molecular complexity index is 206. The molecule has 84 valence electrons. The van der Waals surface area contributed by atoms with E-state index in [4.69, 9.17) is 9.42 Å². The van der Waals surface area contributed by atoms with Crippen molar-refractivity contribution in [3.05, 3.63) is 0 Å². The van der Waals surface area contributed by atoms with E-state index < -0.39 is 8.25 Å². The van der Waals surface area contributed by atoms with Crippen LogP contribution in [0.2, 0.25) is 0 Å². The lowest BCUT2D eigenvalue weighted by atomic mass is 9.75. The fourth-order valence-corrected chi connectivity index (χ4v) is 2.91. The van der Waals surface area contributed by atoms with E-state index in [0.717, 1.165) is 12.8 Å². The summed E-state index contributed by atoms with van der Waals surface area (Å²) in [5.41, 5.74) is 0. The summed E-state index contributed by atoms with van der Waals surface area (Å²) in [4.78, 5) is 8.81. The zero-order valence-corrected chi connectivity index (χ0v) is 10.2. The van der Waals surface area contributed by atoms with Crippen molar-refractivity contribution < 1.29 is 14.0 Å². The van der Waals surface area contributed by atoms with Crippen LogP contribution in [-0.4, -0.2) is 11.0 Å². The second kappa shape index (κ2) is 5.29. The van der Waals surface area contributed by atoms with Crippen molar-refractivity contribution >= 4 is 8.25 Å². The summed E-state index contributed by atoms with van der Waals surface area (Å²) in [6, 6.07) is 0. The number of hydrogen-bond acceptors (Lipinski definition) is 2. The average molecular weight is 220 g/mol. The molecule has 0 saturated heterocycles. The van der Waals surface area contributed by atoms with Crippen molar-refractivity contribution in [2.75, 3.05) is 0 Å². The van der Waals surface area contributed by atoms with E-state index in [0.29, 0.717) is 17.8 Å².